The number of aromatic nitrogens is 1. The third-order valence-electron chi connectivity index (χ3n) is 4.75. The zero-order valence-electron chi connectivity index (χ0n) is 18.1. The molecule has 2 heterocycles. The minimum absolute atomic E-state index is 0.00947. The van der Waals surface area contributed by atoms with E-state index < -0.39 is 5.91 Å². The molecule has 0 bridgehead atoms. The van der Waals surface area contributed by atoms with Crippen molar-refractivity contribution in [1.29, 1.82) is 0 Å². The maximum atomic E-state index is 12.7. The molecule has 1 aliphatic rings. The highest BCUT2D eigenvalue weighted by Gasteiger charge is 2.32. The summed E-state index contributed by atoms with van der Waals surface area (Å²) in [6.45, 7) is 2.14. The first-order chi connectivity index (χ1) is 16.4. The molecule has 1 aliphatic heterocycles. The molecule has 1 aromatic heterocycles. The molecule has 0 aliphatic carbocycles. The summed E-state index contributed by atoms with van der Waals surface area (Å²) < 4.78 is 2.26. The molecule has 2 N–H and O–H groups in total. The molecule has 0 spiro atoms. The summed E-state index contributed by atoms with van der Waals surface area (Å²) in [5.74, 6) is -0.850. The Hall–Kier alpha value is -2.73. The summed E-state index contributed by atoms with van der Waals surface area (Å²) in [6, 6.07) is 15.6. The number of aryl methyl sites for hydroxylation is 1. The van der Waals surface area contributed by atoms with E-state index in [4.69, 9.17) is 12.2 Å². The number of fused-ring (bicyclic) bond motifs is 1. The fourth-order valence-corrected chi connectivity index (χ4v) is 6.18. The summed E-state index contributed by atoms with van der Waals surface area (Å²) in [6.07, 6.45) is 1.80. The summed E-state index contributed by atoms with van der Waals surface area (Å²) in [5.41, 5.74) is 7.72. The van der Waals surface area contributed by atoms with Crippen molar-refractivity contribution >= 4 is 85.4 Å². The zero-order valence-corrected chi connectivity index (χ0v) is 21.3. The standard InChI is InChI=1S/C23H20N4O3S4/c1-14-6-8-15(9-7-14)12-18-21(30)27(23(31)34-18)11-10-19(28)25-26-20(29)13-32-22-24-16-4-2-3-5-17(16)33-22/h2-9,12H,10-11,13H2,1H3,(H,25,28)(H,26,29). The summed E-state index contributed by atoms with van der Waals surface area (Å²) in [4.78, 5) is 43.3. The highest BCUT2D eigenvalue weighted by atomic mass is 32.2. The molecule has 4 rings (SSSR count). The van der Waals surface area contributed by atoms with E-state index in [1.807, 2.05) is 55.5 Å². The lowest BCUT2D eigenvalue weighted by Crippen LogP contribution is -2.43. The largest absolute Gasteiger partial charge is 0.292 e. The van der Waals surface area contributed by atoms with Crippen LogP contribution in [0.4, 0.5) is 0 Å². The number of hydrogen-bond acceptors (Lipinski definition) is 8. The molecular weight excluding hydrogens is 509 g/mol. The van der Waals surface area contributed by atoms with E-state index in [2.05, 4.69) is 15.8 Å². The maximum Gasteiger partial charge on any atom is 0.266 e. The van der Waals surface area contributed by atoms with Crippen molar-refractivity contribution in [3.63, 3.8) is 0 Å². The number of thiazole rings is 1. The Morgan fingerprint density at radius 3 is 2.62 bits per heavy atom. The van der Waals surface area contributed by atoms with Gasteiger partial charge in [0.05, 0.1) is 20.9 Å². The molecule has 3 aromatic rings. The van der Waals surface area contributed by atoms with E-state index in [1.165, 1.54) is 39.8 Å². The van der Waals surface area contributed by atoms with Crippen LogP contribution in [0.3, 0.4) is 0 Å². The van der Waals surface area contributed by atoms with E-state index in [0.717, 1.165) is 25.7 Å². The molecule has 0 saturated carbocycles. The van der Waals surface area contributed by atoms with Crippen LogP contribution in [0.5, 0.6) is 0 Å². The van der Waals surface area contributed by atoms with Gasteiger partial charge in [-0.3, -0.25) is 30.1 Å². The summed E-state index contributed by atoms with van der Waals surface area (Å²) in [7, 11) is 0. The van der Waals surface area contributed by atoms with Gasteiger partial charge in [-0.05, 0) is 30.7 Å². The molecule has 0 radical (unpaired) electrons. The van der Waals surface area contributed by atoms with Gasteiger partial charge < -0.3 is 0 Å². The predicted molar refractivity (Wildman–Crippen MR) is 142 cm³/mol. The van der Waals surface area contributed by atoms with E-state index in [-0.39, 0.29) is 30.5 Å². The van der Waals surface area contributed by atoms with Gasteiger partial charge in [-0.15, -0.1) is 11.3 Å². The first-order valence-electron chi connectivity index (χ1n) is 10.3. The van der Waals surface area contributed by atoms with Crippen molar-refractivity contribution in [2.75, 3.05) is 12.3 Å². The second-order valence-corrected chi connectivity index (χ2v) is 11.3. The first-order valence-corrected chi connectivity index (χ1v) is 13.3. The topological polar surface area (TPSA) is 91.4 Å². The zero-order chi connectivity index (χ0) is 24.1. The number of amides is 3. The molecule has 2 aromatic carbocycles. The lowest BCUT2D eigenvalue weighted by Gasteiger charge is -2.14. The SMILES string of the molecule is Cc1ccc(C=C2SC(=S)N(CCC(=O)NNC(=O)CSc3nc4ccccc4s3)C2=O)cc1. The van der Waals surface area contributed by atoms with Crippen LogP contribution in [0.15, 0.2) is 57.8 Å². The number of hydrogen-bond donors (Lipinski definition) is 2. The average Bonchev–Trinajstić information content (AvgIpc) is 3.36. The van der Waals surface area contributed by atoms with Crippen LogP contribution in [-0.2, 0) is 14.4 Å². The van der Waals surface area contributed by atoms with Crippen molar-refractivity contribution in [2.24, 2.45) is 0 Å². The minimum atomic E-state index is -0.407. The van der Waals surface area contributed by atoms with Gasteiger partial charge in [-0.25, -0.2) is 4.98 Å². The molecule has 34 heavy (non-hydrogen) atoms. The molecule has 0 unspecified atom stereocenters. The Morgan fingerprint density at radius 1 is 1.12 bits per heavy atom. The molecule has 1 fully saturated rings. The Balaban J connectivity index is 1.21. The average molecular weight is 529 g/mol. The van der Waals surface area contributed by atoms with Crippen molar-refractivity contribution in [3.8, 4) is 0 Å². The number of nitrogens with zero attached hydrogens (tertiary/aromatic N) is 2. The van der Waals surface area contributed by atoms with Crippen LogP contribution in [0.25, 0.3) is 16.3 Å². The first kappa shape index (κ1) is 24.4. The Morgan fingerprint density at radius 2 is 1.85 bits per heavy atom. The quantitative estimate of drug-likeness (QED) is 0.206. The van der Waals surface area contributed by atoms with Gasteiger partial charge in [0.15, 0.2) is 4.34 Å². The van der Waals surface area contributed by atoms with Crippen LogP contribution < -0.4 is 10.9 Å². The Kier molecular flexibility index (Phi) is 7.99. The monoisotopic (exact) mass is 528 g/mol. The number of nitrogens with one attached hydrogen (secondary N) is 2. The number of benzene rings is 2. The van der Waals surface area contributed by atoms with Gasteiger partial charge in [-0.2, -0.15) is 0 Å². The number of rotatable bonds is 7. The van der Waals surface area contributed by atoms with Crippen molar-refractivity contribution in [1.82, 2.24) is 20.7 Å². The van der Waals surface area contributed by atoms with Gasteiger partial charge in [0.1, 0.15) is 4.32 Å². The van der Waals surface area contributed by atoms with Gasteiger partial charge in [0.2, 0.25) is 11.8 Å². The minimum Gasteiger partial charge on any atom is -0.292 e. The molecule has 174 valence electrons. The molecule has 7 nitrogen and oxygen atoms in total. The van der Waals surface area contributed by atoms with Gasteiger partial charge in [0, 0.05) is 13.0 Å². The van der Waals surface area contributed by atoms with E-state index in [1.54, 1.807) is 6.08 Å². The van der Waals surface area contributed by atoms with Crippen molar-refractivity contribution in [3.05, 3.63) is 64.6 Å². The number of carbonyl (C=O) groups is 3. The highest BCUT2D eigenvalue weighted by Crippen LogP contribution is 2.32. The fourth-order valence-electron chi connectivity index (χ4n) is 3.00. The Bertz CT molecular complexity index is 1250. The number of carbonyl (C=O) groups excluding carboxylic acids is 3. The lowest BCUT2D eigenvalue weighted by molar-refractivity contribution is -0.128. The number of thiocarbonyl (C=S) groups is 1. The van der Waals surface area contributed by atoms with Crippen LogP contribution in [0, 0.1) is 6.92 Å². The second-order valence-electron chi connectivity index (χ2n) is 7.33. The molecule has 0 atom stereocenters. The van der Waals surface area contributed by atoms with E-state index in [9.17, 15) is 14.4 Å². The normalized spacial score (nSPS) is 14.7. The smallest absolute Gasteiger partial charge is 0.266 e. The maximum absolute atomic E-state index is 12.7. The molecule has 3 amide bonds. The molecule has 1 saturated heterocycles. The number of thioether (sulfide) groups is 2. The Labute approximate surface area is 214 Å². The number of hydrazine groups is 1. The van der Waals surface area contributed by atoms with Crippen LogP contribution in [-0.4, -0.2) is 44.2 Å². The third kappa shape index (κ3) is 6.23. The van der Waals surface area contributed by atoms with Crippen molar-refractivity contribution < 1.29 is 14.4 Å². The molecular formula is C23H20N4O3S4. The molecule has 11 heteroatoms. The highest BCUT2D eigenvalue weighted by molar-refractivity contribution is 8.26. The summed E-state index contributed by atoms with van der Waals surface area (Å²) in [5, 5.41) is 0. The van der Waals surface area contributed by atoms with Crippen LogP contribution in [0.2, 0.25) is 0 Å². The number of para-hydroxylation sites is 1. The lowest BCUT2D eigenvalue weighted by atomic mass is 10.1. The van der Waals surface area contributed by atoms with Crippen LogP contribution >= 0.6 is 47.1 Å². The fraction of sp³-hybridized carbons (Fsp3) is 0.174. The van der Waals surface area contributed by atoms with Gasteiger partial charge >= 0.3 is 0 Å². The van der Waals surface area contributed by atoms with E-state index >= 15 is 0 Å². The summed E-state index contributed by atoms with van der Waals surface area (Å²) >= 11 is 9.35. The van der Waals surface area contributed by atoms with Gasteiger partial charge in [0.25, 0.3) is 5.91 Å². The van der Waals surface area contributed by atoms with Crippen LogP contribution in [0.1, 0.15) is 17.5 Å². The predicted octanol–water partition coefficient (Wildman–Crippen LogP) is 4.14. The van der Waals surface area contributed by atoms with Gasteiger partial charge in [-0.1, -0.05) is 77.7 Å². The van der Waals surface area contributed by atoms with Crippen molar-refractivity contribution in [2.45, 2.75) is 17.7 Å². The third-order valence-corrected chi connectivity index (χ3v) is 8.31. The van der Waals surface area contributed by atoms with E-state index in [0.29, 0.717) is 9.23 Å². The second kappa shape index (κ2) is 11.1.